The number of benzene rings is 2. The fourth-order valence-corrected chi connectivity index (χ4v) is 3.89. The number of allylic oxidation sites excluding steroid dienone is 1. The van der Waals surface area contributed by atoms with Gasteiger partial charge in [0.2, 0.25) is 0 Å². The zero-order chi connectivity index (χ0) is 18.3. The second-order valence-corrected chi connectivity index (χ2v) is 7.02. The minimum Gasteiger partial charge on any atom is -0.478 e. The lowest BCUT2D eigenvalue weighted by atomic mass is 9.85. The van der Waals surface area contributed by atoms with E-state index in [-0.39, 0.29) is 0 Å². The van der Waals surface area contributed by atoms with Gasteiger partial charge >= 0.3 is 5.97 Å². The lowest BCUT2D eigenvalue weighted by molar-refractivity contribution is 0.0697. The number of hydrogen-bond donors (Lipinski definition) is 1. The van der Waals surface area contributed by atoms with Gasteiger partial charge in [0, 0.05) is 5.39 Å². The predicted molar refractivity (Wildman–Crippen MR) is 105 cm³/mol. The molecule has 26 heavy (non-hydrogen) atoms. The molecule has 130 valence electrons. The third-order valence-corrected chi connectivity index (χ3v) is 5.14. The van der Waals surface area contributed by atoms with Crippen molar-refractivity contribution in [3.63, 3.8) is 0 Å². The van der Waals surface area contributed by atoms with Crippen LogP contribution in [-0.2, 0) is 6.42 Å². The summed E-state index contributed by atoms with van der Waals surface area (Å²) in [4.78, 5) is 16.8. The van der Waals surface area contributed by atoms with E-state index in [4.69, 9.17) is 4.98 Å². The van der Waals surface area contributed by atoms with Crippen LogP contribution in [0.1, 0.15) is 51.1 Å². The molecule has 0 bridgehead atoms. The number of aromatic carboxylic acids is 1. The van der Waals surface area contributed by atoms with Gasteiger partial charge in [-0.25, -0.2) is 9.78 Å². The molecule has 2 aromatic carbocycles. The highest BCUT2D eigenvalue weighted by molar-refractivity contribution is 6.05. The maximum atomic E-state index is 12.0. The number of rotatable bonds is 2. The summed E-state index contributed by atoms with van der Waals surface area (Å²) in [5.74, 6) is -0.868. The number of fused-ring (bicyclic) bond motifs is 2. The lowest BCUT2D eigenvalue weighted by Gasteiger charge is -2.22. The predicted octanol–water partition coefficient (Wildman–Crippen LogP) is 5.43. The first-order valence-corrected chi connectivity index (χ1v) is 8.97. The van der Waals surface area contributed by atoms with E-state index in [1.807, 2.05) is 24.3 Å². The Morgan fingerprint density at radius 2 is 1.92 bits per heavy atom. The first-order valence-electron chi connectivity index (χ1n) is 8.97. The van der Waals surface area contributed by atoms with Crippen molar-refractivity contribution in [2.45, 2.75) is 33.1 Å². The minimum atomic E-state index is -0.868. The first kappa shape index (κ1) is 16.5. The lowest BCUT2D eigenvalue weighted by Crippen LogP contribution is -2.13. The molecule has 0 amide bonds. The molecule has 1 aromatic heterocycles. The van der Waals surface area contributed by atoms with Crippen LogP contribution in [0.15, 0.2) is 42.5 Å². The van der Waals surface area contributed by atoms with Crippen LogP contribution in [0, 0.1) is 13.8 Å². The van der Waals surface area contributed by atoms with Gasteiger partial charge in [0.1, 0.15) is 0 Å². The van der Waals surface area contributed by atoms with Crippen LogP contribution >= 0.6 is 0 Å². The summed E-state index contributed by atoms with van der Waals surface area (Å²) < 4.78 is 0. The summed E-state index contributed by atoms with van der Waals surface area (Å²) in [6.07, 6.45) is 4.81. The molecule has 0 aliphatic heterocycles. The third-order valence-electron chi connectivity index (χ3n) is 5.14. The Bertz CT molecular complexity index is 1060. The van der Waals surface area contributed by atoms with Gasteiger partial charge in [-0.05, 0) is 67.5 Å². The molecule has 3 aromatic rings. The van der Waals surface area contributed by atoms with Crippen molar-refractivity contribution in [3.8, 4) is 0 Å². The van der Waals surface area contributed by atoms with Gasteiger partial charge in [-0.3, -0.25) is 0 Å². The van der Waals surface area contributed by atoms with Crippen molar-refractivity contribution in [2.75, 3.05) is 0 Å². The molecule has 3 nitrogen and oxygen atoms in total. The molecule has 0 spiro atoms. The van der Waals surface area contributed by atoms with Gasteiger partial charge in [-0.15, -0.1) is 0 Å². The molecule has 0 unspecified atom stereocenters. The summed E-state index contributed by atoms with van der Waals surface area (Å²) in [6.45, 7) is 4.20. The van der Waals surface area contributed by atoms with Crippen molar-refractivity contribution >= 4 is 28.5 Å². The number of nitrogens with zero attached hydrogens (tertiary/aromatic N) is 1. The number of carboxylic acids is 1. The highest BCUT2D eigenvalue weighted by Gasteiger charge is 2.24. The molecule has 0 saturated heterocycles. The second kappa shape index (κ2) is 6.41. The summed E-state index contributed by atoms with van der Waals surface area (Å²) in [7, 11) is 0. The Labute approximate surface area is 153 Å². The fourth-order valence-electron chi connectivity index (χ4n) is 3.89. The monoisotopic (exact) mass is 343 g/mol. The van der Waals surface area contributed by atoms with Crippen molar-refractivity contribution < 1.29 is 9.90 Å². The molecular formula is C23H21NO2. The van der Waals surface area contributed by atoms with Crippen LogP contribution in [0.25, 0.3) is 22.6 Å². The van der Waals surface area contributed by atoms with Crippen molar-refractivity contribution in [2.24, 2.45) is 0 Å². The average molecular weight is 343 g/mol. The van der Waals surface area contributed by atoms with Crippen LogP contribution in [0.5, 0.6) is 0 Å². The number of aryl methyl sites for hydroxylation is 2. The Kier molecular flexibility index (Phi) is 4.08. The number of carbonyl (C=O) groups is 1. The maximum absolute atomic E-state index is 12.0. The Balaban J connectivity index is 1.96. The zero-order valence-corrected chi connectivity index (χ0v) is 15.0. The SMILES string of the molecule is Cc1ccc(/C=C2\CCCc3c2nc2ccccc2c3C(=O)O)c(C)c1. The average Bonchev–Trinajstić information content (AvgIpc) is 2.62. The second-order valence-electron chi connectivity index (χ2n) is 7.02. The molecule has 1 aliphatic carbocycles. The van der Waals surface area contributed by atoms with Gasteiger partial charge < -0.3 is 5.11 Å². The fraction of sp³-hybridized carbons (Fsp3) is 0.217. The smallest absolute Gasteiger partial charge is 0.336 e. The van der Waals surface area contributed by atoms with Gasteiger partial charge in [0.15, 0.2) is 0 Å². The van der Waals surface area contributed by atoms with Crippen LogP contribution < -0.4 is 0 Å². The molecule has 1 N–H and O–H groups in total. The summed E-state index contributed by atoms with van der Waals surface area (Å²) in [5, 5.41) is 10.6. The molecule has 0 atom stereocenters. The van der Waals surface area contributed by atoms with Gasteiger partial charge in [0.05, 0.1) is 16.8 Å². The molecular weight excluding hydrogens is 322 g/mol. The number of carboxylic acid groups (broad SMARTS) is 1. The van der Waals surface area contributed by atoms with E-state index in [1.54, 1.807) is 0 Å². The van der Waals surface area contributed by atoms with Crippen LogP contribution in [0.2, 0.25) is 0 Å². The Morgan fingerprint density at radius 3 is 2.69 bits per heavy atom. The van der Waals surface area contributed by atoms with E-state index in [1.165, 1.54) is 16.7 Å². The van der Waals surface area contributed by atoms with E-state index < -0.39 is 5.97 Å². The van der Waals surface area contributed by atoms with E-state index in [2.05, 4.69) is 38.1 Å². The quantitative estimate of drug-likeness (QED) is 0.675. The minimum absolute atomic E-state index is 0.414. The number of para-hydroxylation sites is 1. The molecule has 0 saturated carbocycles. The Hall–Kier alpha value is -2.94. The van der Waals surface area contributed by atoms with Crippen molar-refractivity contribution in [3.05, 3.63) is 76.0 Å². The molecule has 0 fully saturated rings. The first-order chi connectivity index (χ1) is 12.5. The molecule has 0 radical (unpaired) electrons. The largest absolute Gasteiger partial charge is 0.478 e. The van der Waals surface area contributed by atoms with E-state index in [0.717, 1.165) is 47.0 Å². The number of hydrogen-bond acceptors (Lipinski definition) is 2. The van der Waals surface area contributed by atoms with E-state index in [0.29, 0.717) is 5.56 Å². The summed E-state index contributed by atoms with van der Waals surface area (Å²) >= 11 is 0. The number of aromatic nitrogens is 1. The highest BCUT2D eigenvalue weighted by Crippen LogP contribution is 2.36. The van der Waals surface area contributed by atoms with Crippen LogP contribution in [-0.4, -0.2) is 16.1 Å². The topological polar surface area (TPSA) is 50.2 Å². The molecule has 1 heterocycles. The van der Waals surface area contributed by atoms with Crippen LogP contribution in [0.3, 0.4) is 0 Å². The molecule has 4 rings (SSSR count). The molecule has 3 heteroatoms. The maximum Gasteiger partial charge on any atom is 0.336 e. The van der Waals surface area contributed by atoms with E-state index in [9.17, 15) is 9.90 Å². The number of pyridine rings is 1. The zero-order valence-electron chi connectivity index (χ0n) is 15.0. The van der Waals surface area contributed by atoms with Crippen molar-refractivity contribution in [1.29, 1.82) is 0 Å². The van der Waals surface area contributed by atoms with E-state index >= 15 is 0 Å². The highest BCUT2D eigenvalue weighted by atomic mass is 16.4. The third kappa shape index (κ3) is 2.80. The van der Waals surface area contributed by atoms with Gasteiger partial charge in [-0.1, -0.05) is 42.0 Å². The van der Waals surface area contributed by atoms with Crippen molar-refractivity contribution in [1.82, 2.24) is 4.98 Å². The van der Waals surface area contributed by atoms with Gasteiger partial charge in [0.25, 0.3) is 0 Å². The Morgan fingerprint density at radius 1 is 1.12 bits per heavy atom. The summed E-state index contributed by atoms with van der Waals surface area (Å²) in [5.41, 5.74) is 7.66. The standard InChI is InChI=1S/C23H21NO2/c1-14-10-11-16(15(2)12-14)13-17-6-5-8-19-21(23(25)26)18-7-3-4-9-20(18)24-22(17)19/h3-4,7,9-13H,5-6,8H2,1-2H3,(H,25,26)/b17-13+. The summed E-state index contributed by atoms with van der Waals surface area (Å²) in [6, 6.07) is 13.9. The molecule has 1 aliphatic rings. The van der Waals surface area contributed by atoms with Gasteiger partial charge in [-0.2, -0.15) is 0 Å². The normalized spacial score (nSPS) is 15.2. The van der Waals surface area contributed by atoms with Crippen LogP contribution in [0.4, 0.5) is 0 Å².